The molecule has 0 spiro atoms. The Morgan fingerprint density at radius 1 is 1.00 bits per heavy atom. The van der Waals surface area contributed by atoms with E-state index in [0.717, 1.165) is 0 Å². The quantitative estimate of drug-likeness (QED) is 0.216. The van der Waals surface area contributed by atoms with E-state index in [0.29, 0.717) is 11.4 Å². The smallest absolute Gasteiger partial charge is 0.237 e. The van der Waals surface area contributed by atoms with E-state index < -0.39 is 0 Å². The summed E-state index contributed by atoms with van der Waals surface area (Å²) in [4.78, 5) is 4.13. The van der Waals surface area contributed by atoms with E-state index in [2.05, 4.69) is 25.4 Å². The standard InChI is InChI=1S/C9H13N9O2/c10-8(17-19)15-12-4-6-2-1-3-7(14-6)5-13-16-9(11)18-20/h1-5,19-20H,(H3,10,15,17)(H3,11,16,18)/b12-4+,13-5+. The first kappa shape index (κ1) is 15.0. The molecule has 0 amide bonds. The molecule has 1 aromatic rings. The lowest BCUT2D eigenvalue weighted by atomic mass is 10.3. The molecular formula is C9H13N9O2. The van der Waals surface area contributed by atoms with Crippen molar-refractivity contribution in [2.45, 2.75) is 0 Å². The highest BCUT2D eigenvalue weighted by Crippen LogP contribution is 1.95. The predicted octanol–water partition coefficient (Wildman–Crippen LogP) is -1.66. The molecule has 11 nitrogen and oxygen atoms in total. The highest BCUT2D eigenvalue weighted by Gasteiger charge is 1.93. The number of nitrogens with one attached hydrogen (secondary N) is 2. The molecule has 106 valence electrons. The summed E-state index contributed by atoms with van der Waals surface area (Å²) >= 11 is 0. The van der Waals surface area contributed by atoms with Crippen molar-refractivity contribution < 1.29 is 10.4 Å². The van der Waals surface area contributed by atoms with E-state index >= 15 is 0 Å². The van der Waals surface area contributed by atoms with Crippen molar-refractivity contribution in [1.82, 2.24) is 15.9 Å². The van der Waals surface area contributed by atoms with Crippen LogP contribution in [-0.4, -0.2) is 39.7 Å². The number of aromatic nitrogens is 1. The molecule has 0 aliphatic heterocycles. The van der Waals surface area contributed by atoms with Crippen LogP contribution in [0, 0.1) is 0 Å². The summed E-state index contributed by atoms with van der Waals surface area (Å²) in [6.07, 6.45) is 2.66. The van der Waals surface area contributed by atoms with Crippen LogP contribution >= 0.6 is 0 Å². The lowest BCUT2D eigenvalue weighted by Gasteiger charge is -1.95. The van der Waals surface area contributed by atoms with Gasteiger partial charge < -0.3 is 11.5 Å². The second-order valence-electron chi connectivity index (χ2n) is 3.17. The van der Waals surface area contributed by atoms with Crippen LogP contribution in [0.25, 0.3) is 0 Å². The minimum atomic E-state index is -0.250. The van der Waals surface area contributed by atoms with Crippen LogP contribution in [0.4, 0.5) is 0 Å². The van der Waals surface area contributed by atoms with E-state index in [1.807, 2.05) is 0 Å². The third-order valence-corrected chi connectivity index (χ3v) is 1.73. The van der Waals surface area contributed by atoms with Gasteiger partial charge in [-0.3, -0.25) is 10.4 Å². The first-order valence-electron chi connectivity index (χ1n) is 5.16. The molecule has 0 fully saturated rings. The Morgan fingerprint density at radius 3 is 1.85 bits per heavy atom. The summed E-state index contributed by atoms with van der Waals surface area (Å²) in [5.41, 5.74) is 14.5. The summed E-state index contributed by atoms with van der Waals surface area (Å²) in [6, 6.07) is 5.06. The summed E-state index contributed by atoms with van der Waals surface area (Å²) in [5.74, 6) is -0.499. The SMILES string of the molecule is N/C(=N\N=C\c1cccc(/C=N/N=C(\N)NO)n1)NO. The zero-order chi connectivity index (χ0) is 14.8. The molecule has 0 aliphatic rings. The van der Waals surface area contributed by atoms with Crippen LogP contribution in [0.3, 0.4) is 0 Å². The summed E-state index contributed by atoms with van der Waals surface area (Å²) in [7, 11) is 0. The molecule has 8 N–H and O–H groups in total. The van der Waals surface area contributed by atoms with Crippen molar-refractivity contribution in [2.75, 3.05) is 0 Å². The number of rotatable bonds is 4. The van der Waals surface area contributed by atoms with Crippen LogP contribution in [0.15, 0.2) is 38.6 Å². The number of hydroxylamine groups is 2. The largest absolute Gasteiger partial charge is 0.367 e. The van der Waals surface area contributed by atoms with Crippen LogP contribution in [0.1, 0.15) is 11.4 Å². The topological polar surface area (TPSA) is 179 Å². The van der Waals surface area contributed by atoms with Crippen molar-refractivity contribution in [3.8, 4) is 0 Å². The van der Waals surface area contributed by atoms with E-state index in [9.17, 15) is 0 Å². The van der Waals surface area contributed by atoms with Crippen molar-refractivity contribution >= 4 is 24.3 Å². The summed E-state index contributed by atoms with van der Waals surface area (Å²) < 4.78 is 0. The zero-order valence-electron chi connectivity index (χ0n) is 10.2. The molecule has 11 heteroatoms. The predicted molar refractivity (Wildman–Crippen MR) is 72.5 cm³/mol. The average molecular weight is 279 g/mol. The molecule has 1 heterocycles. The first-order chi connectivity index (χ1) is 9.65. The molecule has 1 aromatic heterocycles. The van der Waals surface area contributed by atoms with Gasteiger partial charge in [-0.25, -0.2) is 15.9 Å². The second-order valence-corrected chi connectivity index (χ2v) is 3.17. The molecule has 0 bridgehead atoms. The van der Waals surface area contributed by atoms with Gasteiger partial charge in [0.25, 0.3) is 0 Å². The van der Waals surface area contributed by atoms with E-state index in [-0.39, 0.29) is 11.9 Å². The van der Waals surface area contributed by atoms with E-state index in [1.54, 1.807) is 29.2 Å². The minimum absolute atomic E-state index is 0.250. The number of hydrogen-bond donors (Lipinski definition) is 6. The minimum Gasteiger partial charge on any atom is -0.367 e. The maximum absolute atomic E-state index is 8.38. The maximum Gasteiger partial charge on any atom is 0.237 e. The number of hydrogen-bond acceptors (Lipinski definition) is 7. The Kier molecular flexibility index (Phi) is 6.10. The molecular weight excluding hydrogens is 266 g/mol. The number of nitrogens with zero attached hydrogens (tertiary/aromatic N) is 5. The highest BCUT2D eigenvalue weighted by atomic mass is 16.5. The molecule has 0 saturated heterocycles. The fourth-order valence-electron chi connectivity index (χ4n) is 0.958. The molecule has 0 aliphatic carbocycles. The van der Waals surface area contributed by atoms with Crippen molar-refractivity contribution in [2.24, 2.45) is 31.9 Å². The molecule has 0 radical (unpaired) electrons. The Labute approximate surface area is 113 Å². The number of pyridine rings is 1. The number of guanidine groups is 2. The molecule has 0 unspecified atom stereocenters. The van der Waals surface area contributed by atoms with Crippen molar-refractivity contribution in [3.63, 3.8) is 0 Å². The van der Waals surface area contributed by atoms with E-state index in [4.69, 9.17) is 21.9 Å². The van der Waals surface area contributed by atoms with Gasteiger partial charge in [-0.15, -0.1) is 10.2 Å². The van der Waals surface area contributed by atoms with Gasteiger partial charge in [0.2, 0.25) is 11.9 Å². The van der Waals surface area contributed by atoms with Gasteiger partial charge in [0.05, 0.1) is 23.8 Å². The Bertz CT molecular complexity index is 507. The second kappa shape index (κ2) is 8.12. The van der Waals surface area contributed by atoms with Gasteiger partial charge in [0.1, 0.15) is 0 Å². The molecule has 1 rings (SSSR count). The van der Waals surface area contributed by atoms with Crippen LogP contribution in [0.5, 0.6) is 0 Å². The normalized spacial score (nSPS) is 13.1. The van der Waals surface area contributed by atoms with Crippen molar-refractivity contribution in [3.05, 3.63) is 29.6 Å². The number of nitrogens with two attached hydrogens (primary N) is 2. The lowest BCUT2D eigenvalue weighted by Crippen LogP contribution is -2.27. The Morgan fingerprint density at radius 2 is 1.45 bits per heavy atom. The lowest BCUT2D eigenvalue weighted by molar-refractivity contribution is 0.232. The van der Waals surface area contributed by atoms with Crippen LogP contribution in [0.2, 0.25) is 0 Å². The molecule has 0 aromatic carbocycles. The van der Waals surface area contributed by atoms with Gasteiger partial charge in [0.15, 0.2) is 0 Å². The first-order valence-corrected chi connectivity index (χ1v) is 5.16. The zero-order valence-corrected chi connectivity index (χ0v) is 10.2. The van der Waals surface area contributed by atoms with Gasteiger partial charge in [-0.2, -0.15) is 10.2 Å². The van der Waals surface area contributed by atoms with Crippen molar-refractivity contribution in [1.29, 1.82) is 0 Å². The van der Waals surface area contributed by atoms with Gasteiger partial charge in [-0.05, 0) is 12.1 Å². The average Bonchev–Trinajstić information content (AvgIpc) is 2.47. The summed E-state index contributed by atoms with van der Waals surface area (Å²) in [6.45, 7) is 0. The van der Waals surface area contributed by atoms with Gasteiger partial charge >= 0.3 is 0 Å². The molecule has 20 heavy (non-hydrogen) atoms. The Hall–Kier alpha value is -3.05. The van der Waals surface area contributed by atoms with Gasteiger partial charge in [0, 0.05) is 0 Å². The summed E-state index contributed by atoms with van der Waals surface area (Å²) in [5, 5.41) is 30.8. The Balaban J connectivity index is 2.76. The third-order valence-electron chi connectivity index (χ3n) is 1.73. The molecule has 0 saturated carbocycles. The highest BCUT2D eigenvalue weighted by molar-refractivity contribution is 5.83. The monoisotopic (exact) mass is 279 g/mol. The van der Waals surface area contributed by atoms with Crippen LogP contribution < -0.4 is 22.4 Å². The fourth-order valence-corrected chi connectivity index (χ4v) is 0.958. The van der Waals surface area contributed by atoms with E-state index in [1.165, 1.54) is 12.4 Å². The van der Waals surface area contributed by atoms with Gasteiger partial charge in [-0.1, -0.05) is 6.07 Å². The molecule has 0 atom stereocenters. The fraction of sp³-hybridized carbons (Fsp3) is 0. The third kappa shape index (κ3) is 5.52. The maximum atomic E-state index is 8.38. The van der Waals surface area contributed by atoms with Crippen LogP contribution in [-0.2, 0) is 0 Å².